The van der Waals surface area contributed by atoms with E-state index < -0.39 is 24.4 Å². The summed E-state index contributed by atoms with van der Waals surface area (Å²) in [7, 11) is 0. The van der Waals surface area contributed by atoms with E-state index in [1.54, 1.807) is 4.68 Å². The summed E-state index contributed by atoms with van der Waals surface area (Å²) in [6.45, 7) is 3.13. The lowest BCUT2D eigenvalue weighted by Crippen LogP contribution is -2.55. The van der Waals surface area contributed by atoms with Crippen LogP contribution in [0, 0.1) is 5.92 Å². The van der Waals surface area contributed by atoms with E-state index in [2.05, 4.69) is 20.6 Å². The number of fused-ring (bicyclic) bond motifs is 1. The predicted octanol–water partition coefficient (Wildman–Crippen LogP) is 0.928. The Balaban J connectivity index is 1.36. The zero-order chi connectivity index (χ0) is 18.8. The summed E-state index contributed by atoms with van der Waals surface area (Å²) < 4.78 is 7.77. The molecule has 27 heavy (non-hydrogen) atoms. The summed E-state index contributed by atoms with van der Waals surface area (Å²) in [6, 6.07) is -0.437. The standard InChI is InChI=1S/C18H29N5O3S/c1-2-19-18-20-14-16(25)15(24)13(26-17(14)27-18)10-23-9-12(21-22-23)8-11-6-4-3-5-7-11/h9,11,13-17,24-25H,2-8,10H2,1H3,(H,19,20)/t13-,14-,15-,16-,17-/m1/s1. The first-order valence-corrected chi connectivity index (χ1v) is 10.9. The number of nitrogens with zero attached hydrogens (tertiary/aromatic N) is 4. The highest BCUT2D eigenvalue weighted by molar-refractivity contribution is 8.14. The van der Waals surface area contributed by atoms with Crippen molar-refractivity contribution in [1.82, 2.24) is 20.3 Å². The molecule has 1 aliphatic carbocycles. The molecule has 0 unspecified atom stereocenters. The highest BCUT2D eigenvalue weighted by atomic mass is 32.2. The van der Waals surface area contributed by atoms with E-state index in [1.807, 2.05) is 13.1 Å². The van der Waals surface area contributed by atoms with Crippen LogP contribution in [0.5, 0.6) is 0 Å². The van der Waals surface area contributed by atoms with Gasteiger partial charge in [0.25, 0.3) is 0 Å². The molecule has 0 amide bonds. The molecule has 8 nitrogen and oxygen atoms in total. The Labute approximate surface area is 163 Å². The molecule has 5 atom stereocenters. The van der Waals surface area contributed by atoms with Gasteiger partial charge >= 0.3 is 0 Å². The third kappa shape index (κ3) is 4.31. The molecular weight excluding hydrogens is 366 g/mol. The maximum Gasteiger partial charge on any atom is 0.159 e. The van der Waals surface area contributed by atoms with Gasteiger partial charge in [-0.1, -0.05) is 49.1 Å². The SMILES string of the molecule is CCNC1=N[C@@H]2[C@@H](O)[C@H](O)[C@@H](Cn3cc(CC4CCCCC4)nn3)O[C@@H]2S1. The van der Waals surface area contributed by atoms with Crippen LogP contribution >= 0.6 is 11.8 Å². The van der Waals surface area contributed by atoms with E-state index in [0.717, 1.165) is 23.8 Å². The van der Waals surface area contributed by atoms with Crippen molar-refractivity contribution in [3.05, 3.63) is 11.9 Å². The first-order chi connectivity index (χ1) is 13.1. The van der Waals surface area contributed by atoms with Gasteiger partial charge in [-0.2, -0.15) is 0 Å². The second-order valence-corrected chi connectivity index (χ2v) is 8.82. The van der Waals surface area contributed by atoms with Crippen LogP contribution in [0.1, 0.15) is 44.7 Å². The Morgan fingerprint density at radius 2 is 2.07 bits per heavy atom. The molecule has 3 N–H and O–H groups in total. The first kappa shape index (κ1) is 19.2. The summed E-state index contributed by atoms with van der Waals surface area (Å²) >= 11 is 1.47. The number of rotatable bonds is 5. The average molecular weight is 396 g/mol. The Kier molecular flexibility index (Phi) is 6.01. The lowest BCUT2D eigenvalue weighted by Gasteiger charge is -2.38. The molecule has 0 bridgehead atoms. The number of hydrogen-bond donors (Lipinski definition) is 3. The molecular formula is C18H29N5O3S. The lowest BCUT2D eigenvalue weighted by atomic mass is 9.86. The lowest BCUT2D eigenvalue weighted by molar-refractivity contribution is -0.157. The maximum atomic E-state index is 10.5. The van der Waals surface area contributed by atoms with Crippen molar-refractivity contribution in [3.63, 3.8) is 0 Å². The molecule has 0 spiro atoms. The van der Waals surface area contributed by atoms with Crippen LogP contribution in [0.4, 0.5) is 0 Å². The van der Waals surface area contributed by atoms with Crippen molar-refractivity contribution in [3.8, 4) is 0 Å². The van der Waals surface area contributed by atoms with Crippen molar-refractivity contribution < 1.29 is 14.9 Å². The van der Waals surface area contributed by atoms with Crippen molar-refractivity contribution >= 4 is 16.9 Å². The molecule has 1 aromatic rings. The zero-order valence-corrected chi connectivity index (χ0v) is 16.5. The largest absolute Gasteiger partial charge is 0.388 e. The minimum absolute atomic E-state index is 0.285. The monoisotopic (exact) mass is 395 g/mol. The highest BCUT2D eigenvalue weighted by Gasteiger charge is 2.48. The van der Waals surface area contributed by atoms with Gasteiger partial charge in [0.15, 0.2) is 5.17 Å². The number of aliphatic imine (C=N–C) groups is 1. The van der Waals surface area contributed by atoms with Crippen LogP contribution in [0.2, 0.25) is 0 Å². The van der Waals surface area contributed by atoms with Gasteiger partial charge in [-0.05, 0) is 19.3 Å². The van der Waals surface area contributed by atoms with Crippen LogP contribution in [-0.2, 0) is 17.7 Å². The molecule has 2 aliphatic heterocycles. The third-order valence-electron chi connectivity index (χ3n) is 5.67. The van der Waals surface area contributed by atoms with Gasteiger partial charge in [0.2, 0.25) is 0 Å². The van der Waals surface area contributed by atoms with Gasteiger partial charge in [0, 0.05) is 12.7 Å². The van der Waals surface area contributed by atoms with Crippen molar-refractivity contribution in [1.29, 1.82) is 0 Å². The molecule has 1 saturated heterocycles. The normalized spacial score (nSPS) is 34.3. The van der Waals surface area contributed by atoms with Gasteiger partial charge in [0.1, 0.15) is 29.8 Å². The summed E-state index contributed by atoms with van der Waals surface area (Å²) in [5.74, 6) is 0.708. The number of aromatic nitrogens is 3. The number of nitrogens with one attached hydrogen (secondary N) is 1. The van der Waals surface area contributed by atoms with E-state index in [1.165, 1.54) is 43.9 Å². The Hall–Kier alpha value is -1.16. The van der Waals surface area contributed by atoms with Crippen LogP contribution in [0.15, 0.2) is 11.2 Å². The number of aliphatic hydroxyl groups is 2. The van der Waals surface area contributed by atoms with Crippen LogP contribution in [-0.4, -0.2) is 66.7 Å². The predicted molar refractivity (Wildman–Crippen MR) is 103 cm³/mol. The molecule has 2 fully saturated rings. The number of thioether (sulfide) groups is 1. The van der Waals surface area contributed by atoms with Gasteiger partial charge in [-0.25, -0.2) is 4.68 Å². The fraction of sp³-hybridized carbons (Fsp3) is 0.833. The van der Waals surface area contributed by atoms with Crippen LogP contribution in [0.3, 0.4) is 0 Å². The molecule has 0 radical (unpaired) electrons. The second kappa shape index (κ2) is 8.46. The van der Waals surface area contributed by atoms with Crippen LogP contribution < -0.4 is 5.32 Å². The fourth-order valence-corrected chi connectivity index (χ4v) is 5.40. The number of aliphatic hydroxyl groups excluding tert-OH is 2. The van der Waals surface area contributed by atoms with Crippen LogP contribution in [0.25, 0.3) is 0 Å². The van der Waals surface area contributed by atoms with Gasteiger partial charge in [0.05, 0.1) is 12.2 Å². The average Bonchev–Trinajstić information content (AvgIpc) is 3.27. The third-order valence-corrected chi connectivity index (χ3v) is 6.76. The van der Waals surface area contributed by atoms with E-state index in [-0.39, 0.29) is 5.44 Å². The maximum absolute atomic E-state index is 10.5. The molecule has 1 saturated carbocycles. The van der Waals surface area contributed by atoms with Gasteiger partial charge in [-0.15, -0.1) is 5.10 Å². The molecule has 3 aliphatic rings. The molecule has 150 valence electrons. The fourth-order valence-electron chi connectivity index (χ4n) is 4.21. The summed E-state index contributed by atoms with van der Waals surface area (Å²) in [5.41, 5.74) is 0.714. The second-order valence-electron chi connectivity index (χ2n) is 7.74. The summed E-state index contributed by atoms with van der Waals surface area (Å²) in [5, 5.41) is 33.4. The summed E-state index contributed by atoms with van der Waals surface area (Å²) in [4.78, 5) is 4.44. The molecule has 3 heterocycles. The highest BCUT2D eigenvalue weighted by Crippen LogP contribution is 2.36. The minimum Gasteiger partial charge on any atom is -0.388 e. The van der Waals surface area contributed by atoms with E-state index in [9.17, 15) is 10.2 Å². The van der Waals surface area contributed by atoms with Crippen molar-refractivity contribution in [2.75, 3.05) is 6.54 Å². The number of ether oxygens (including phenoxy) is 1. The molecule has 1 aromatic heterocycles. The first-order valence-electron chi connectivity index (χ1n) is 10.0. The molecule has 9 heteroatoms. The number of hydrogen-bond acceptors (Lipinski definition) is 8. The minimum atomic E-state index is -0.998. The Morgan fingerprint density at radius 1 is 1.26 bits per heavy atom. The summed E-state index contributed by atoms with van der Waals surface area (Å²) in [6.07, 6.45) is 6.98. The van der Waals surface area contributed by atoms with E-state index >= 15 is 0 Å². The van der Waals surface area contributed by atoms with E-state index in [4.69, 9.17) is 4.74 Å². The van der Waals surface area contributed by atoms with Gasteiger partial charge < -0.3 is 20.3 Å². The van der Waals surface area contributed by atoms with Gasteiger partial charge in [-0.3, -0.25) is 4.99 Å². The topological polar surface area (TPSA) is 105 Å². The molecule has 0 aromatic carbocycles. The van der Waals surface area contributed by atoms with E-state index in [0.29, 0.717) is 12.5 Å². The Bertz CT molecular complexity index is 663. The van der Waals surface area contributed by atoms with Crippen molar-refractivity contribution in [2.24, 2.45) is 10.9 Å². The number of amidine groups is 1. The smallest absolute Gasteiger partial charge is 0.159 e. The quantitative estimate of drug-likeness (QED) is 0.681. The zero-order valence-electron chi connectivity index (χ0n) is 15.7. The Morgan fingerprint density at radius 3 is 2.85 bits per heavy atom. The molecule has 4 rings (SSSR count). The van der Waals surface area contributed by atoms with Crippen molar-refractivity contribution in [2.45, 2.75) is 81.8 Å².